The molecule has 0 aliphatic rings. The average Bonchev–Trinajstić information content (AvgIpc) is 2.44. The maximum absolute atomic E-state index is 13.3. The Balaban J connectivity index is 2.85. The van der Waals surface area contributed by atoms with E-state index >= 15 is 0 Å². The van der Waals surface area contributed by atoms with Crippen LogP contribution >= 0.6 is 0 Å². The zero-order valence-electron chi connectivity index (χ0n) is 12.6. The lowest BCUT2D eigenvalue weighted by Gasteiger charge is -2.19. The number of halogens is 1. The standard InChI is InChI=1S/C16H21FN2O2/c1-12(2)21-10-9-19(3)16(20)15-7-6-14(17)11-13(15)5-4-8-18/h6-7,11-12H,8-10,18H2,1-3H3. The van der Waals surface area contributed by atoms with Crippen molar-refractivity contribution in [2.45, 2.75) is 20.0 Å². The lowest BCUT2D eigenvalue weighted by atomic mass is 10.1. The highest BCUT2D eigenvalue weighted by Gasteiger charge is 2.15. The largest absolute Gasteiger partial charge is 0.377 e. The number of likely N-dealkylation sites (N-methyl/N-ethyl adjacent to an activating group) is 1. The van der Waals surface area contributed by atoms with Gasteiger partial charge < -0.3 is 15.4 Å². The number of nitrogens with zero attached hydrogens (tertiary/aromatic N) is 1. The first-order chi connectivity index (χ1) is 9.95. The van der Waals surface area contributed by atoms with Crippen LogP contribution in [0.15, 0.2) is 18.2 Å². The summed E-state index contributed by atoms with van der Waals surface area (Å²) >= 11 is 0. The number of amides is 1. The van der Waals surface area contributed by atoms with Gasteiger partial charge in [-0.25, -0.2) is 4.39 Å². The third-order valence-electron chi connectivity index (χ3n) is 2.76. The molecule has 0 heterocycles. The van der Waals surface area contributed by atoms with E-state index in [-0.39, 0.29) is 18.6 Å². The monoisotopic (exact) mass is 292 g/mol. The molecule has 0 aliphatic heterocycles. The summed E-state index contributed by atoms with van der Waals surface area (Å²) in [6.07, 6.45) is 0.116. The molecule has 1 aromatic rings. The van der Waals surface area contributed by atoms with Gasteiger partial charge in [0.25, 0.3) is 5.91 Å². The molecule has 0 radical (unpaired) electrons. The van der Waals surface area contributed by atoms with Crippen LogP contribution in [0.3, 0.4) is 0 Å². The van der Waals surface area contributed by atoms with E-state index < -0.39 is 5.82 Å². The Morgan fingerprint density at radius 2 is 2.19 bits per heavy atom. The third kappa shape index (κ3) is 5.54. The van der Waals surface area contributed by atoms with Crippen LogP contribution in [0.4, 0.5) is 4.39 Å². The van der Waals surface area contributed by atoms with Gasteiger partial charge in [-0.15, -0.1) is 0 Å². The molecule has 0 aliphatic carbocycles. The van der Waals surface area contributed by atoms with Gasteiger partial charge in [0, 0.05) is 19.2 Å². The van der Waals surface area contributed by atoms with Crippen LogP contribution in [-0.4, -0.2) is 43.7 Å². The van der Waals surface area contributed by atoms with Crippen molar-refractivity contribution < 1.29 is 13.9 Å². The Morgan fingerprint density at radius 3 is 2.81 bits per heavy atom. The first-order valence-corrected chi connectivity index (χ1v) is 6.81. The van der Waals surface area contributed by atoms with Crippen LogP contribution in [0.2, 0.25) is 0 Å². The van der Waals surface area contributed by atoms with E-state index in [9.17, 15) is 9.18 Å². The van der Waals surface area contributed by atoms with Crippen LogP contribution in [0.1, 0.15) is 29.8 Å². The molecule has 0 fully saturated rings. The summed E-state index contributed by atoms with van der Waals surface area (Å²) in [7, 11) is 1.68. The van der Waals surface area contributed by atoms with Gasteiger partial charge in [-0.2, -0.15) is 0 Å². The molecule has 5 heteroatoms. The Labute approximate surface area is 125 Å². The van der Waals surface area contributed by atoms with E-state index in [2.05, 4.69) is 11.8 Å². The summed E-state index contributed by atoms with van der Waals surface area (Å²) in [5, 5.41) is 0. The molecule has 4 nitrogen and oxygen atoms in total. The quantitative estimate of drug-likeness (QED) is 0.839. The Morgan fingerprint density at radius 1 is 1.48 bits per heavy atom. The molecule has 0 saturated heterocycles. The van der Waals surface area contributed by atoms with E-state index in [0.29, 0.717) is 24.3 Å². The molecule has 0 atom stereocenters. The number of hydrogen-bond donors (Lipinski definition) is 1. The number of ether oxygens (including phenoxy) is 1. The molecular formula is C16H21FN2O2. The minimum absolute atomic E-state index is 0.116. The predicted molar refractivity (Wildman–Crippen MR) is 80.4 cm³/mol. The number of benzene rings is 1. The molecule has 0 saturated carbocycles. The fourth-order valence-corrected chi connectivity index (χ4v) is 1.69. The van der Waals surface area contributed by atoms with E-state index in [1.54, 1.807) is 7.05 Å². The number of carbonyl (C=O) groups excluding carboxylic acids is 1. The first-order valence-electron chi connectivity index (χ1n) is 6.81. The smallest absolute Gasteiger partial charge is 0.254 e. The second-order valence-electron chi connectivity index (χ2n) is 4.84. The van der Waals surface area contributed by atoms with Crippen molar-refractivity contribution in [2.75, 3.05) is 26.7 Å². The Kier molecular flexibility index (Phi) is 6.86. The van der Waals surface area contributed by atoms with Crippen molar-refractivity contribution >= 4 is 5.91 Å². The molecule has 1 aromatic carbocycles. The van der Waals surface area contributed by atoms with Crippen LogP contribution in [0, 0.1) is 17.7 Å². The molecule has 0 unspecified atom stereocenters. The predicted octanol–water partition coefficient (Wildman–Crippen LogP) is 1.63. The molecule has 1 amide bonds. The van der Waals surface area contributed by atoms with Gasteiger partial charge in [-0.1, -0.05) is 11.8 Å². The van der Waals surface area contributed by atoms with Crippen molar-refractivity contribution in [3.63, 3.8) is 0 Å². The van der Waals surface area contributed by atoms with E-state index in [4.69, 9.17) is 10.5 Å². The minimum atomic E-state index is -0.432. The van der Waals surface area contributed by atoms with Crippen molar-refractivity contribution in [3.8, 4) is 11.8 Å². The number of carbonyl (C=O) groups is 1. The number of nitrogens with two attached hydrogens (primary N) is 1. The molecular weight excluding hydrogens is 271 g/mol. The molecule has 1 rings (SSSR count). The number of hydrogen-bond acceptors (Lipinski definition) is 3. The van der Waals surface area contributed by atoms with Gasteiger partial charge in [-0.3, -0.25) is 4.79 Å². The molecule has 0 spiro atoms. The van der Waals surface area contributed by atoms with E-state index in [0.717, 1.165) is 0 Å². The van der Waals surface area contributed by atoms with Gasteiger partial charge >= 0.3 is 0 Å². The SMILES string of the molecule is CC(C)OCCN(C)C(=O)c1ccc(F)cc1C#CCN. The van der Waals surface area contributed by atoms with Crippen LogP contribution in [0.5, 0.6) is 0 Å². The number of rotatable bonds is 5. The maximum atomic E-state index is 13.3. The summed E-state index contributed by atoms with van der Waals surface area (Å²) in [5.74, 6) is 4.72. The summed E-state index contributed by atoms with van der Waals surface area (Å²) in [6, 6.07) is 3.94. The maximum Gasteiger partial charge on any atom is 0.254 e. The average molecular weight is 292 g/mol. The summed E-state index contributed by atoms with van der Waals surface area (Å²) in [4.78, 5) is 13.9. The fourth-order valence-electron chi connectivity index (χ4n) is 1.69. The molecule has 0 aromatic heterocycles. The summed E-state index contributed by atoms with van der Waals surface area (Å²) < 4.78 is 18.7. The highest BCUT2D eigenvalue weighted by atomic mass is 19.1. The van der Waals surface area contributed by atoms with Crippen molar-refractivity contribution in [1.82, 2.24) is 4.90 Å². The Hall–Kier alpha value is -1.90. The van der Waals surface area contributed by atoms with Crippen LogP contribution < -0.4 is 5.73 Å². The Bertz CT molecular complexity index is 547. The minimum Gasteiger partial charge on any atom is -0.377 e. The second-order valence-corrected chi connectivity index (χ2v) is 4.84. The fraction of sp³-hybridized carbons (Fsp3) is 0.438. The van der Waals surface area contributed by atoms with E-state index in [1.807, 2.05) is 13.8 Å². The molecule has 2 N–H and O–H groups in total. The molecule has 114 valence electrons. The van der Waals surface area contributed by atoms with Gasteiger partial charge in [0.1, 0.15) is 5.82 Å². The highest BCUT2D eigenvalue weighted by molar-refractivity contribution is 5.96. The third-order valence-corrected chi connectivity index (χ3v) is 2.76. The normalized spacial score (nSPS) is 10.2. The summed E-state index contributed by atoms with van der Waals surface area (Å²) in [5.41, 5.74) is 6.03. The van der Waals surface area contributed by atoms with Crippen molar-refractivity contribution in [2.24, 2.45) is 5.73 Å². The molecule has 21 heavy (non-hydrogen) atoms. The van der Waals surface area contributed by atoms with Crippen molar-refractivity contribution in [1.29, 1.82) is 0 Å². The summed E-state index contributed by atoms with van der Waals surface area (Å²) in [6.45, 7) is 4.93. The lowest BCUT2D eigenvalue weighted by molar-refractivity contribution is 0.0532. The van der Waals surface area contributed by atoms with E-state index in [1.165, 1.54) is 23.1 Å². The zero-order valence-corrected chi connectivity index (χ0v) is 12.6. The zero-order chi connectivity index (χ0) is 15.8. The first kappa shape index (κ1) is 17.2. The van der Waals surface area contributed by atoms with Crippen molar-refractivity contribution in [3.05, 3.63) is 35.1 Å². The van der Waals surface area contributed by atoms with Gasteiger partial charge in [-0.05, 0) is 32.0 Å². The second kappa shape index (κ2) is 8.40. The lowest BCUT2D eigenvalue weighted by Crippen LogP contribution is -2.31. The van der Waals surface area contributed by atoms with Gasteiger partial charge in [0.05, 0.1) is 24.8 Å². The highest BCUT2D eigenvalue weighted by Crippen LogP contribution is 2.12. The van der Waals surface area contributed by atoms with Gasteiger partial charge in [0.15, 0.2) is 0 Å². The topological polar surface area (TPSA) is 55.6 Å². The van der Waals surface area contributed by atoms with Gasteiger partial charge in [0.2, 0.25) is 0 Å². The molecule has 0 bridgehead atoms. The van der Waals surface area contributed by atoms with Crippen LogP contribution in [0.25, 0.3) is 0 Å². The van der Waals surface area contributed by atoms with Crippen LogP contribution in [-0.2, 0) is 4.74 Å².